The van der Waals surface area contributed by atoms with Crippen LogP contribution in [0.3, 0.4) is 0 Å². The normalized spacial score (nSPS) is 24.2. The van der Waals surface area contributed by atoms with Crippen LogP contribution in [-0.2, 0) is 20.8 Å². The van der Waals surface area contributed by atoms with Gasteiger partial charge in [-0.15, -0.1) is 0 Å². The Morgan fingerprint density at radius 3 is 2.24 bits per heavy atom. The van der Waals surface area contributed by atoms with E-state index in [1.165, 1.54) is 0 Å². The smallest absolute Gasteiger partial charge is 0.255 e. The Hall–Kier alpha value is -3.90. The molecule has 0 heterocycles. The molecule has 0 radical (unpaired) electrons. The molecule has 41 heavy (non-hydrogen) atoms. The van der Waals surface area contributed by atoms with Crippen molar-refractivity contribution in [1.29, 1.82) is 0 Å². The number of aliphatic hydroxyl groups is 2. The number of anilines is 2. The first-order valence-electron chi connectivity index (χ1n) is 13.5. The van der Waals surface area contributed by atoms with Gasteiger partial charge in [0.05, 0.1) is 29.8 Å². The molecule has 12 nitrogen and oxygen atoms in total. The number of phenolic OH excluding ortho intramolecular Hbond substituents is 1. The number of benzene rings is 1. The maximum Gasteiger partial charge on any atom is 0.255 e. The fraction of sp³-hybridized carbons (Fsp3) is 0.517. The van der Waals surface area contributed by atoms with Crippen molar-refractivity contribution < 1.29 is 34.5 Å². The van der Waals surface area contributed by atoms with Crippen LogP contribution < -0.4 is 21.3 Å². The van der Waals surface area contributed by atoms with Crippen LogP contribution in [0.5, 0.6) is 5.75 Å². The fourth-order valence-corrected chi connectivity index (χ4v) is 6.35. The molecular formula is C29H39N5O7. The molecule has 12 heteroatoms. The second kappa shape index (κ2) is 10.5. The Labute approximate surface area is 238 Å². The van der Waals surface area contributed by atoms with E-state index in [0.29, 0.717) is 11.3 Å². The maximum atomic E-state index is 14.0. The molecule has 3 aliphatic carbocycles. The van der Waals surface area contributed by atoms with Gasteiger partial charge in [0.2, 0.25) is 5.91 Å². The molecule has 4 atom stereocenters. The van der Waals surface area contributed by atoms with E-state index >= 15 is 0 Å². The topological polar surface area (TPSA) is 186 Å². The molecule has 0 fully saturated rings. The standard InChI is InChI=1S/C29H39N5O7/c1-29(2,3)31-11-17(35)32-15-10-16(33(4)5)13-8-12-9-14-20(25(38)18(12)24(37)19(13)23(15)36)26(39)21(28(30)41)27(40)22(14)34(6)7/h10,12,14,20,22,31,36,38,40H,8-9,11H2,1-7H3,(H2,30,41)(H,32,35)/t12-,14+,20?,22-/m0/s1. The van der Waals surface area contributed by atoms with Gasteiger partial charge in [0, 0.05) is 30.9 Å². The van der Waals surface area contributed by atoms with E-state index in [0.717, 1.165) is 0 Å². The molecule has 0 bridgehead atoms. The Morgan fingerprint density at radius 2 is 1.71 bits per heavy atom. The molecule has 222 valence electrons. The second-order valence-electron chi connectivity index (χ2n) is 12.5. The molecule has 0 saturated carbocycles. The van der Waals surface area contributed by atoms with Gasteiger partial charge >= 0.3 is 0 Å². The molecule has 0 saturated heterocycles. The van der Waals surface area contributed by atoms with Crippen LogP contribution in [0.4, 0.5) is 11.4 Å². The van der Waals surface area contributed by atoms with Crippen molar-refractivity contribution >= 4 is 34.8 Å². The van der Waals surface area contributed by atoms with E-state index in [2.05, 4.69) is 10.6 Å². The number of rotatable bonds is 6. The van der Waals surface area contributed by atoms with Crippen LogP contribution in [0.15, 0.2) is 28.7 Å². The van der Waals surface area contributed by atoms with Crippen LogP contribution in [0.25, 0.3) is 0 Å². The van der Waals surface area contributed by atoms with Crippen molar-refractivity contribution in [2.75, 3.05) is 45.0 Å². The minimum Gasteiger partial charge on any atom is -0.511 e. The largest absolute Gasteiger partial charge is 0.511 e. The van der Waals surface area contributed by atoms with Gasteiger partial charge < -0.3 is 36.6 Å². The van der Waals surface area contributed by atoms with Gasteiger partial charge in [0.1, 0.15) is 17.1 Å². The number of allylic oxidation sites excluding steroid dienone is 2. The number of aromatic hydroxyl groups is 1. The number of hydrogen-bond acceptors (Lipinski definition) is 10. The molecule has 0 aliphatic heterocycles. The van der Waals surface area contributed by atoms with E-state index in [9.17, 15) is 34.5 Å². The maximum absolute atomic E-state index is 14.0. The number of phenols is 1. The number of amides is 2. The van der Waals surface area contributed by atoms with Crippen LogP contribution >= 0.6 is 0 Å². The Bertz CT molecular complexity index is 1400. The zero-order valence-electron chi connectivity index (χ0n) is 24.5. The van der Waals surface area contributed by atoms with Crippen LogP contribution in [0.1, 0.15) is 43.1 Å². The first kappa shape index (κ1) is 30.1. The van der Waals surface area contributed by atoms with Crippen molar-refractivity contribution in [1.82, 2.24) is 10.2 Å². The molecule has 4 rings (SSSR count). The first-order valence-corrected chi connectivity index (χ1v) is 13.5. The van der Waals surface area contributed by atoms with E-state index in [1.54, 1.807) is 44.1 Å². The number of fused-ring (bicyclic) bond motifs is 3. The van der Waals surface area contributed by atoms with E-state index in [1.807, 2.05) is 20.8 Å². The van der Waals surface area contributed by atoms with E-state index in [4.69, 9.17) is 5.73 Å². The quantitative estimate of drug-likeness (QED) is 0.216. The highest BCUT2D eigenvalue weighted by atomic mass is 16.3. The molecule has 1 aromatic carbocycles. The first-order chi connectivity index (χ1) is 19.0. The lowest BCUT2D eigenvalue weighted by Gasteiger charge is -2.46. The molecular weight excluding hydrogens is 530 g/mol. The number of ketones is 2. The third-order valence-corrected chi connectivity index (χ3v) is 8.08. The number of carbonyl (C=O) groups excluding carboxylic acids is 4. The summed E-state index contributed by atoms with van der Waals surface area (Å²) in [4.78, 5) is 55.6. The zero-order valence-corrected chi connectivity index (χ0v) is 24.5. The minimum atomic E-state index is -1.26. The van der Waals surface area contributed by atoms with Crippen LogP contribution in [-0.4, -0.2) is 89.9 Å². The Balaban J connectivity index is 1.83. The third-order valence-electron chi connectivity index (χ3n) is 8.08. The molecule has 2 amide bonds. The highest BCUT2D eigenvalue weighted by molar-refractivity contribution is 6.22. The number of likely N-dealkylation sites (N-methyl/N-ethyl adjacent to an activating group) is 1. The molecule has 0 aromatic heterocycles. The fourth-order valence-electron chi connectivity index (χ4n) is 6.35. The van der Waals surface area contributed by atoms with E-state index in [-0.39, 0.29) is 41.7 Å². The van der Waals surface area contributed by atoms with Gasteiger partial charge in [-0.3, -0.25) is 24.1 Å². The van der Waals surface area contributed by atoms with Crippen molar-refractivity contribution in [3.63, 3.8) is 0 Å². The van der Waals surface area contributed by atoms with Gasteiger partial charge in [0.15, 0.2) is 17.3 Å². The predicted octanol–water partition coefficient (Wildman–Crippen LogP) is 1.40. The molecule has 3 aliphatic rings. The summed E-state index contributed by atoms with van der Waals surface area (Å²) in [7, 11) is 6.91. The molecule has 1 unspecified atom stereocenters. The molecule has 7 N–H and O–H groups in total. The number of hydrogen-bond donors (Lipinski definition) is 6. The minimum absolute atomic E-state index is 0.0206. The summed E-state index contributed by atoms with van der Waals surface area (Å²) in [6.07, 6.45) is 0.510. The van der Waals surface area contributed by atoms with Crippen molar-refractivity contribution in [2.45, 2.75) is 45.2 Å². The number of carbonyl (C=O) groups is 4. The average Bonchev–Trinajstić information content (AvgIpc) is 2.82. The summed E-state index contributed by atoms with van der Waals surface area (Å²) < 4.78 is 0. The Kier molecular flexibility index (Phi) is 7.70. The molecule has 0 spiro atoms. The van der Waals surface area contributed by atoms with Gasteiger partial charge in [-0.1, -0.05) is 0 Å². The lowest BCUT2D eigenvalue weighted by atomic mass is 9.61. The predicted molar refractivity (Wildman–Crippen MR) is 153 cm³/mol. The summed E-state index contributed by atoms with van der Waals surface area (Å²) >= 11 is 0. The number of aliphatic hydroxyl groups excluding tert-OH is 2. The summed E-state index contributed by atoms with van der Waals surface area (Å²) in [6, 6.07) is 0.818. The van der Waals surface area contributed by atoms with E-state index < -0.39 is 70.0 Å². The SMILES string of the molecule is CN(C)c1cc(NC(=O)CNC(C)(C)C)c(O)c2c1C[C@H]1C[C@@H]3C(C(=O)C(C(N)=O)=C(O)[C@H]3N(C)C)C(O)=C1C2=O. The summed E-state index contributed by atoms with van der Waals surface area (Å²) in [5, 5.41) is 39.4. The second-order valence-corrected chi connectivity index (χ2v) is 12.5. The molecule has 1 aromatic rings. The summed E-state index contributed by atoms with van der Waals surface area (Å²) in [5.74, 6) is -6.82. The van der Waals surface area contributed by atoms with Gasteiger partial charge in [-0.05, 0) is 71.2 Å². The van der Waals surface area contributed by atoms with Gasteiger partial charge in [0.25, 0.3) is 5.91 Å². The monoisotopic (exact) mass is 569 g/mol. The van der Waals surface area contributed by atoms with Crippen LogP contribution in [0, 0.1) is 17.8 Å². The lowest BCUT2D eigenvalue weighted by Crippen LogP contribution is -2.53. The number of Topliss-reactive ketones (excluding diaryl/α,β-unsaturated/α-hetero) is 2. The number of primary amides is 1. The van der Waals surface area contributed by atoms with Crippen LogP contribution in [0.2, 0.25) is 0 Å². The number of nitrogens with one attached hydrogen (secondary N) is 2. The van der Waals surface area contributed by atoms with Gasteiger partial charge in [-0.2, -0.15) is 0 Å². The zero-order chi connectivity index (χ0) is 30.7. The highest BCUT2D eigenvalue weighted by Gasteiger charge is 2.54. The van der Waals surface area contributed by atoms with Crippen molar-refractivity contribution in [3.05, 3.63) is 39.9 Å². The van der Waals surface area contributed by atoms with Crippen molar-refractivity contribution in [2.24, 2.45) is 23.5 Å². The average molecular weight is 570 g/mol. The van der Waals surface area contributed by atoms with Crippen molar-refractivity contribution in [3.8, 4) is 5.75 Å². The summed E-state index contributed by atoms with van der Waals surface area (Å²) in [6.45, 7) is 5.70. The number of nitrogens with zero attached hydrogens (tertiary/aromatic N) is 2. The lowest BCUT2D eigenvalue weighted by molar-refractivity contribution is -0.127. The van der Waals surface area contributed by atoms with Gasteiger partial charge in [-0.25, -0.2) is 0 Å². The Morgan fingerprint density at radius 1 is 1.07 bits per heavy atom. The third kappa shape index (κ3) is 5.17. The highest BCUT2D eigenvalue weighted by Crippen LogP contribution is 2.52. The summed E-state index contributed by atoms with van der Waals surface area (Å²) in [5.41, 5.74) is 5.63. The number of nitrogens with two attached hydrogens (primary N) is 1.